The molecular formula is C28H35N7O5. The van der Waals surface area contributed by atoms with Crippen molar-refractivity contribution in [3.63, 3.8) is 0 Å². The molecule has 0 atom stereocenters. The molecule has 0 bridgehead atoms. The lowest BCUT2D eigenvalue weighted by molar-refractivity contribution is -0.114. The first-order chi connectivity index (χ1) is 19.2. The molecule has 3 amide bonds. The molecule has 0 heterocycles. The van der Waals surface area contributed by atoms with Gasteiger partial charge in [0, 0.05) is 25.7 Å². The minimum absolute atomic E-state index is 0.0419. The molecule has 1 aromatic carbocycles. The summed E-state index contributed by atoms with van der Waals surface area (Å²) in [6.07, 6.45) is -0.0528. The van der Waals surface area contributed by atoms with Crippen molar-refractivity contribution < 1.29 is 23.9 Å². The largest absolute Gasteiger partial charge is 0.449 e. The SMILES string of the molecule is [C-]#[N+]C(C#N)=C(C(C#N)=Nc1ccc(N(CC)CC)cc1NC(C)=O)N(C(=O)OCCCC)C(=O)OCCCC. The molecule has 0 saturated carbocycles. The van der Waals surface area contributed by atoms with E-state index in [4.69, 9.17) is 16.0 Å². The highest BCUT2D eigenvalue weighted by atomic mass is 16.6. The van der Waals surface area contributed by atoms with Gasteiger partial charge in [0.25, 0.3) is 5.70 Å². The van der Waals surface area contributed by atoms with Gasteiger partial charge in [0.15, 0.2) is 5.71 Å². The summed E-state index contributed by atoms with van der Waals surface area (Å²) < 4.78 is 10.4. The molecule has 40 heavy (non-hydrogen) atoms. The second-order valence-electron chi connectivity index (χ2n) is 8.32. The summed E-state index contributed by atoms with van der Waals surface area (Å²) in [4.78, 5) is 47.9. The zero-order valence-electron chi connectivity index (χ0n) is 23.6. The van der Waals surface area contributed by atoms with E-state index in [1.165, 1.54) is 6.92 Å². The quantitative estimate of drug-likeness (QED) is 0.138. The average Bonchev–Trinajstić information content (AvgIpc) is 2.93. The summed E-state index contributed by atoms with van der Waals surface area (Å²) in [5.41, 5.74) is -0.907. The molecule has 0 spiro atoms. The Balaban J connectivity index is 3.87. The normalized spacial score (nSPS) is 11.2. The molecule has 0 fully saturated rings. The van der Waals surface area contributed by atoms with Crippen LogP contribution in [0.4, 0.5) is 26.7 Å². The third-order valence-electron chi connectivity index (χ3n) is 5.46. The van der Waals surface area contributed by atoms with Crippen LogP contribution in [0.2, 0.25) is 0 Å². The summed E-state index contributed by atoms with van der Waals surface area (Å²) in [7, 11) is 0. The van der Waals surface area contributed by atoms with E-state index in [-0.39, 0.29) is 24.6 Å². The van der Waals surface area contributed by atoms with Crippen LogP contribution < -0.4 is 10.2 Å². The van der Waals surface area contributed by atoms with Crippen molar-refractivity contribution in [2.45, 2.75) is 60.3 Å². The summed E-state index contributed by atoms with van der Waals surface area (Å²) in [6, 6.07) is 8.34. The fraction of sp³-hybridized carbons (Fsp3) is 0.464. The van der Waals surface area contributed by atoms with Crippen LogP contribution in [0.15, 0.2) is 34.6 Å². The van der Waals surface area contributed by atoms with E-state index < -0.39 is 35.2 Å². The fourth-order valence-corrected chi connectivity index (χ4v) is 3.40. The Hall–Kier alpha value is -4.89. The van der Waals surface area contributed by atoms with Crippen molar-refractivity contribution in [3.8, 4) is 12.1 Å². The standard InChI is InChI=1S/C28H35N7O5/c1-7-11-15-39-27(37)35(28(38)40-16-12-8-2)26(24(18-29)31-6)25(19-30)33-22-14-13-21(34(9-3)10-4)17-23(22)32-20(5)36/h13-14,17H,7-12,15-16H2,1-5H3,(H,32,36). The van der Waals surface area contributed by atoms with Crippen molar-refractivity contribution in [2.75, 3.05) is 36.5 Å². The minimum atomic E-state index is -1.22. The Labute approximate surface area is 235 Å². The van der Waals surface area contributed by atoms with Gasteiger partial charge in [-0.25, -0.2) is 24.7 Å². The Morgan fingerprint density at radius 3 is 2.00 bits per heavy atom. The van der Waals surface area contributed by atoms with Gasteiger partial charge in [-0.15, -0.1) is 0 Å². The van der Waals surface area contributed by atoms with Crippen molar-refractivity contribution in [2.24, 2.45) is 4.99 Å². The van der Waals surface area contributed by atoms with Crippen LogP contribution in [0.25, 0.3) is 4.85 Å². The topological polar surface area (TPSA) is 152 Å². The van der Waals surface area contributed by atoms with E-state index in [2.05, 4.69) is 15.2 Å². The van der Waals surface area contributed by atoms with Crippen molar-refractivity contribution >= 4 is 40.9 Å². The first-order valence-corrected chi connectivity index (χ1v) is 13.0. The van der Waals surface area contributed by atoms with Crippen molar-refractivity contribution in [3.05, 3.63) is 41.0 Å². The number of amides is 3. The van der Waals surface area contributed by atoms with Gasteiger partial charge in [-0.3, -0.25) is 4.79 Å². The number of aliphatic imine (C=N–C) groups is 1. The molecule has 212 valence electrons. The second kappa shape index (κ2) is 17.6. The number of nitrogens with zero attached hydrogens (tertiary/aromatic N) is 6. The third kappa shape index (κ3) is 9.45. The number of hydrogen-bond acceptors (Lipinski definition) is 9. The minimum Gasteiger partial charge on any atom is -0.449 e. The maximum atomic E-state index is 13.1. The number of unbranched alkanes of at least 4 members (excludes halogenated alkanes) is 2. The monoisotopic (exact) mass is 549 g/mol. The Morgan fingerprint density at radius 1 is 1.00 bits per heavy atom. The Kier molecular flexibility index (Phi) is 14.6. The number of benzene rings is 1. The molecule has 0 radical (unpaired) electrons. The van der Waals surface area contributed by atoms with Crippen LogP contribution in [-0.4, -0.2) is 55.0 Å². The number of hydrogen-bond donors (Lipinski definition) is 1. The predicted molar refractivity (Wildman–Crippen MR) is 151 cm³/mol. The molecule has 12 nitrogen and oxygen atoms in total. The number of allylic oxidation sites excluding steroid dienone is 2. The van der Waals surface area contributed by atoms with Gasteiger partial charge in [-0.1, -0.05) is 26.7 Å². The zero-order valence-corrected chi connectivity index (χ0v) is 23.6. The lowest BCUT2D eigenvalue weighted by Gasteiger charge is -2.23. The molecule has 1 N–H and O–H groups in total. The Bertz CT molecular complexity index is 1210. The molecule has 1 rings (SSSR count). The van der Waals surface area contributed by atoms with Gasteiger partial charge in [-0.05, 0) is 44.9 Å². The van der Waals surface area contributed by atoms with Gasteiger partial charge >= 0.3 is 12.2 Å². The van der Waals surface area contributed by atoms with Crippen LogP contribution in [0.5, 0.6) is 0 Å². The predicted octanol–water partition coefficient (Wildman–Crippen LogP) is 5.92. The lowest BCUT2D eigenvalue weighted by Crippen LogP contribution is -2.40. The van der Waals surface area contributed by atoms with Gasteiger partial charge < -0.3 is 19.7 Å². The summed E-state index contributed by atoms with van der Waals surface area (Å²) in [6.45, 7) is 17.8. The molecule has 0 unspecified atom stereocenters. The number of carbonyl (C=O) groups excluding carboxylic acids is 3. The number of carbonyl (C=O) groups is 3. The van der Waals surface area contributed by atoms with E-state index in [9.17, 15) is 24.9 Å². The summed E-state index contributed by atoms with van der Waals surface area (Å²) in [5, 5.41) is 22.4. The molecule has 0 aromatic heterocycles. The number of nitrogens with one attached hydrogen (secondary N) is 1. The molecule has 0 aliphatic heterocycles. The molecular weight excluding hydrogens is 514 g/mol. The van der Waals surface area contributed by atoms with Crippen LogP contribution >= 0.6 is 0 Å². The fourth-order valence-electron chi connectivity index (χ4n) is 3.40. The molecule has 0 aliphatic carbocycles. The van der Waals surface area contributed by atoms with Gasteiger partial charge in [0.2, 0.25) is 5.91 Å². The number of anilines is 2. The van der Waals surface area contributed by atoms with Gasteiger partial charge in [0.05, 0.1) is 37.2 Å². The van der Waals surface area contributed by atoms with Crippen LogP contribution in [0, 0.1) is 29.2 Å². The van der Waals surface area contributed by atoms with Crippen LogP contribution in [0.1, 0.15) is 60.3 Å². The highest BCUT2D eigenvalue weighted by Crippen LogP contribution is 2.32. The van der Waals surface area contributed by atoms with E-state index in [0.717, 1.165) is 5.69 Å². The highest BCUT2D eigenvalue weighted by molar-refractivity contribution is 6.17. The van der Waals surface area contributed by atoms with E-state index in [1.54, 1.807) is 30.3 Å². The zero-order chi connectivity index (χ0) is 30.1. The first-order valence-electron chi connectivity index (χ1n) is 13.0. The first kappa shape index (κ1) is 33.1. The second-order valence-corrected chi connectivity index (χ2v) is 8.32. The summed E-state index contributed by atoms with van der Waals surface area (Å²) >= 11 is 0. The molecule has 0 saturated heterocycles. The highest BCUT2D eigenvalue weighted by Gasteiger charge is 2.34. The number of ether oxygens (including phenoxy) is 2. The molecule has 0 aliphatic rings. The third-order valence-corrected chi connectivity index (χ3v) is 5.46. The number of rotatable bonds is 13. The van der Waals surface area contributed by atoms with Gasteiger partial charge in [-0.2, -0.15) is 10.2 Å². The van der Waals surface area contributed by atoms with Crippen molar-refractivity contribution in [1.29, 1.82) is 10.5 Å². The van der Waals surface area contributed by atoms with E-state index in [1.807, 2.05) is 32.6 Å². The maximum Gasteiger partial charge on any atom is 0.422 e. The Morgan fingerprint density at radius 2 is 1.57 bits per heavy atom. The average molecular weight is 550 g/mol. The van der Waals surface area contributed by atoms with Crippen LogP contribution in [0.3, 0.4) is 0 Å². The molecule has 12 heteroatoms. The van der Waals surface area contributed by atoms with E-state index in [0.29, 0.717) is 43.7 Å². The van der Waals surface area contributed by atoms with Crippen molar-refractivity contribution in [1.82, 2.24) is 4.90 Å². The number of nitriles is 2. The van der Waals surface area contributed by atoms with E-state index >= 15 is 0 Å². The summed E-state index contributed by atoms with van der Waals surface area (Å²) in [5.74, 6) is -0.401. The molecule has 1 aromatic rings. The van der Waals surface area contributed by atoms with Gasteiger partial charge in [0.1, 0.15) is 11.8 Å². The smallest absolute Gasteiger partial charge is 0.422 e. The number of imide groups is 1. The van der Waals surface area contributed by atoms with Crippen LogP contribution in [-0.2, 0) is 14.3 Å². The lowest BCUT2D eigenvalue weighted by atomic mass is 10.2. The maximum absolute atomic E-state index is 13.1.